The molecule has 6 heteroatoms. The standard InChI is InChI=1S/C17H16N6/c1-13-7-8-17-18-15(11-22(17)10-13)12-23-20-16(19-21-23)9-14-5-3-2-4-6-14/h2-8,10-11H,9,12H2,1H3. The number of nitrogens with zero attached hydrogens (tertiary/aromatic N) is 6. The summed E-state index contributed by atoms with van der Waals surface area (Å²) in [6.07, 6.45) is 4.75. The normalized spacial score (nSPS) is 11.2. The van der Waals surface area contributed by atoms with E-state index in [1.165, 1.54) is 11.1 Å². The molecule has 0 atom stereocenters. The molecule has 4 rings (SSSR count). The van der Waals surface area contributed by atoms with Crippen molar-refractivity contribution in [3.63, 3.8) is 0 Å². The van der Waals surface area contributed by atoms with Gasteiger partial charge in [0.1, 0.15) is 12.2 Å². The Morgan fingerprint density at radius 1 is 1.00 bits per heavy atom. The first-order chi connectivity index (χ1) is 11.3. The minimum absolute atomic E-state index is 0.516. The van der Waals surface area contributed by atoms with Crippen molar-refractivity contribution in [3.8, 4) is 0 Å². The lowest BCUT2D eigenvalue weighted by molar-refractivity contribution is 0.564. The maximum absolute atomic E-state index is 4.58. The third-order valence-corrected chi connectivity index (χ3v) is 3.65. The lowest BCUT2D eigenvalue weighted by Gasteiger charge is -1.95. The summed E-state index contributed by atoms with van der Waals surface area (Å²) in [5, 5.41) is 12.7. The predicted molar refractivity (Wildman–Crippen MR) is 86.1 cm³/mol. The van der Waals surface area contributed by atoms with Gasteiger partial charge in [0.15, 0.2) is 5.82 Å². The van der Waals surface area contributed by atoms with E-state index >= 15 is 0 Å². The van der Waals surface area contributed by atoms with Gasteiger partial charge in [-0.1, -0.05) is 36.4 Å². The minimum atomic E-state index is 0.516. The predicted octanol–water partition coefficient (Wildman–Crippen LogP) is 2.27. The maximum Gasteiger partial charge on any atom is 0.179 e. The van der Waals surface area contributed by atoms with E-state index in [0.29, 0.717) is 13.0 Å². The zero-order valence-electron chi connectivity index (χ0n) is 12.8. The Hall–Kier alpha value is -3.02. The van der Waals surface area contributed by atoms with Gasteiger partial charge in [0.05, 0.1) is 5.69 Å². The van der Waals surface area contributed by atoms with Gasteiger partial charge in [-0.2, -0.15) is 4.80 Å². The van der Waals surface area contributed by atoms with Crippen molar-refractivity contribution in [2.24, 2.45) is 0 Å². The van der Waals surface area contributed by atoms with Gasteiger partial charge < -0.3 is 4.40 Å². The molecule has 0 spiro atoms. The van der Waals surface area contributed by atoms with E-state index in [1.54, 1.807) is 4.80 Å². The van der Waals surface area contributed by atoms with Crippen molar-refractivity contribution in [3.05, 3.63) is 77.5 Å². The molecule has 0 N–H and O–H groups in total. The van der Waals surface area contributed by atoms with Gasteiger partial charge in [-0.05, 0) is 29.3 Å². The number of tetrazole rings is 1. The molecule has 0 bridgehead atoms. The van der Waals surface area contributed by atoms with Crippen LogP contribution in [0.1, 0.15) is 22.6 Å². The molecule has 0 aliphatic carbocycles. The third kappa shape index (κ3) is 2.96. The first-order valence-corrected chi connectivity index (χ1v) is 7.51. The molecule has 0 unspecified atom stereocenters. The Kier molecular flexibility index (Phi) is 3.34. The molecule has 23 heavy (non-hydrogen) atoms. The number of imidazole rings is 1. The van der Waals surface area contributed by atoms with E-state index < -0.39 is 0 Å². The summed E-state index contributed by atoms with van der Waals surface area (Å²) in [5.74, 6) is 0.718. The third-order valence-electron chi connectivity index (χ3n) is 3.65. The fourth-order valence-electron chi connectivity index (χ4n) is 2.57. The number of benzene rings is 1. The molecule has 0 saturated heterocycles. The van der Waals surface area contributed by atoms with Crippen LogP contribution in [0.5, 0.6) is 0 Å². The molecule has 0 amide bonds. The van der Waals surface area contributed by atoms with Crippen molar-refractivity contribution in [1.82, 2.24) is 29.6 Å². The Balaban J connectivity index is 1.52. The lowest BCUT2D eigenvalue weighted by atomic mass is 10.1. The second-order valence-corrected chi connectivity index (χ2v) is 5.60. The molecule has 114 valence electrons. The van der Waals surface area contributed by atoms with Gasteiger partial charge in [-0.15, -0.1) is 10.2 Å². The second kappa shape index (κ2) is 5.64. The SMILES string of the molecule is Cc1ccc2nc(Cn3nnc(Cc4ccccc4)n3)cn2c1. The summed E-state index contributed by atoms with van der Waals surface area (Å²) >= 11 is 0. The van der Waals surface area contributed by atoms with Crippen LogP contribution in [-0.2, 0) is 13.0 Å². The van der Waals surface area contributed by atoms with Crippen LogP contribution in [0.3, 0.4) is 0 Å². The van der Waals surface area contributed by atoms with Gasteiger partial charge >= 0.3 is 0 Å². The molecule has 0 fully saturated rings. The van der Waals surface area contributed by atoms with E-state index in [9.17, 15) is 0 Å². The zero-order valence-corrected chi connectivity index (χ0v) is 12.8. The molecule has 1 aromatic carbocycles. The average molecular weight is 304 g/mol. The lowest BCUT2D eigenvalue weighted by Crippen LogP contribution is -2.04. The molecule has 6 nitrogen and oxygen atoms in total. The second-order valence-electron chi connectivity index (χ2n) is 5.60. The molecular formula is C17H16N6. The van der Waals surface area contributed by atoms with E-state index in [0.717, 1.165) is 17.2 Å². The van der Waals surface area contributed by atoms with Crippen LogP contribution in [-0.4, -0.2) is 29.6 Å². The van der Waals surface area contributed by atoms with Gasteiger partial charge in [-0.3, -0.25) is 0 Å². The van der Waals surface area contributed by atoms with Crippen LogP contribution in [0.4, 0.5) is 0 Å². The molecule has 0 radical (unpaired) electrons. The number of aromatic nitrogens is 6. The number of hydrogen-bond acceptors (Lipinski definition) is 4. The van der Waals surface area contributed by atoms with E-state index in [-0.39, 0.29) is 0 Å². The van der Waals surface area contributed by atoms with Crippen LogP contribution < -0.4 is 0 Å². The van der Waals surface area contributed by atoms with Crippen molar-refractivity contribution in [1.29, 1.82) is 0 Å². The van der Waals surface area contributed by atoms with Crippen LogP contribution >= 0.6 is 0 Å². The number of hydrogen-bond donors (Lipinski definition) is 0. The highest BCUT2D eigenvalue weighted by atomic mass is 15.6. The first kappa shape index (κ1) is 13.6. The average Bonchev–Trinajstić information content (AvgIpc) is 3.14. The highest BCUT2D eigenvalue weighted by Gasteiger charge is 2.07. The number of rotatable bonds is 4. The topological polar surface area (TPSA) is 60.9 Å². The number of pyridine rings is 1. The Labute approximate surface area is 133 Å². The minimum Gasteiger partial charge on any atom is -0.306 e. The summed E-state index contributed by atoms with van der Waals surface area (Å²) in [7, 11) is 0. The highest BCUT2D eigenvalue weighted by molar-refractivity contribution is 5.41. The number of aryl methyl sites for hydroxylation is 1. The van der Waals surface area contributed by atoms with Gasteiger partial charge in [-0.25, -0.2) is 4.98 Å². The first-order valence-electron chi connectivity index (χ1n) is 7.51. The van der Waals surface area contributed by atoms with E-state index in [1.807, 2.05) is 34.9 Å². The smallest absolute Gasteiger partial charge is 0.179 e. The van der Waals surface area contributed by atoms with Crippen LogP contribution in [0.25, 0.3) is 5.65 Å². The molecule has 0 saturated carbocycles. The van der Waals surface area contributed by atoms with E-state index in [4.69, 9.17) is 0 Å². The molecule has 3 aromatic heterocycles. The maximum atomic E-state index is 4.58. The Morgan fingerprint density at radius 3 is 2.74 bits per heavy atom. The van der Waals surface area contributed by atoms with Gasteiger partial charge in [0, 0.05) is 18.8 Å². The largest absolute Gasteiger partial charge is 0.306 e. The molecular weight excluding hydrogens is 288 g/mol. The van der Waals surface area contributed by atoms with Crippen molar-refractivity contribution in [2.75, 3.05) is 0 Å². The number of fused-ring (bicyclic) bond motifs is 1. The van der Waals surface area contributed by atoms with Crippen molar-refractivity contribution >= 4 is 5.65 Å². The fraction of sp³-hybridized carbons (Fsp3) is 0.176. The van der Waals surface area contributed by atoms with E-state index in [2.05, 4.69) is 51.7 Å². The summed E-state index contributed by atoms with van der Waals surface area (Å²) in [6.45, 7) is 2.58. The van der Waals surface area contributed by atoms with Gasteiger partial charge in [0.2, 0.25) is 0 Å². The zero-order chi connectivity index (χ0) is 15.6. The Bertz CT molecular complexity index is 938. The van der Waals surface area contributed by atoms with Crippen molar-refractivity contribution in [2.45, 2.75) is 19.9 Å². The molecule has 0 aliphatic heterocycles. The summed E-state index contributed by atoms with van der Waals surface area (Å²) in [5.41, 5.74) is 4.22. The van der Waals surface area contributed by atoms with Crippen molar-refractivity contribution < 1.29 is 0 Å². The quantitative estimate of drug-likeness (QED) is 0.580. The van der Waals surface area contributed by atoms with Crippen LogP contribution in [0.2, 0.25) is 0 Å². The fourth-order valence-corrected chi connectivity index (χ4v) is 2.57. The molecule has 4 aromatic rings. The Morgan fingerprint density at radius 2 is 1.87 bits per heavy atom. The highest BCUT2D eigenvalue weighted by Crippen LogP contribution is 2.08. The van der Waals surface area contributed by atoms with Crippen LogP contribution in [0, 0.1) is 6.92 Å². The molecule has 3 heterocycles. The summed E-state index contributed by atoms with van der Waals surface area (Å²) in [6, 6.07) is 14.2. The summed E-state index contributed by atoms with van der Waals surface area (Å²) in [4.78, 5) is 6.17. The monoisotopic (exact) mass is 304 g/mol. The van der Waals surface area contributed by atoms with Gasteiger partial charge in [0.25, 0.3) is 0 Å². The summed E-state index contributed by atoms with van der Waals surface area (Å²) < 4.78 is 2.02. The van der Waals surface area contributed by atoms with Crippen LogP contribution in [0.15, 0.2) is 54.9 Å². The molecule has 0 aliphatic rings.